The Morgan fingerprint density at radius 3 is 2.41 bits per heavy atom. The van der Waals surface area contributed by atoms with Crippen molar-refractivity contribution in [2.75, 3.05) is 18.4 Å². The fourth-order valence-corrected chi connectivity index (χ4v) is 6.93. The number of anilines is 1. The Kier molecular flexibility index (Phi) is 3.07. The molecule has 29 heavy (non-hydrogen) atoms. The molecule has 0 aromatic heterocycles. The van der Waals surface area contributed by atoms with Gasteiger partial charge in [0, 0.05) is 24.8 Å². The van der Waals surface area contributed by atoms with Crippen LogP contribution in [0.25, 0.3) is 0 Å². The Hall–Kier alpha value is -2.62. The molecule has 0 aliphatic carbocycles. The smallest absolute Gasteiger partial charge is 0.0918 e. The Balaban J connectivity index is 1.39. The first kappa shape index (κ1) is 16.2. The summed E-state index contributed by atoms with van der Waals surface area (Å²) in [6.07, 6.45) is 1.63. The summed E-state index contributed by atoms with van der Waals surface area (Å²) in [5, 5.41) is 3.93. The molecule has 0 bridgehead atoms. The first-order valence-corrected chi connectivity index (χ1v) is 10.8. The number of benzene rings is 3. The van der Waals surface area contributed by atoms with Crippen molar-refractivity contribution < 1.29 is 0 Å². The molecule has 3 aromatic carbocycles. The lowest BCUT2D eigenvalue weighted by molar-refractivity contribution is 0.180. The SMILES string of the molecule is c1ccc(CN2CC[C@]34c5ccccc5N[C@H]3N3C[C@]3(c3ccccc3)[C@H]24)cc1. The van der Waals surface area contributed by atoms with Gasteiger partial charge in [-0.05, 0) is 35.7 Å². The van der Waals surface area contributed by atoms with Crippen LogP contribution in [0, 0.1) is 0 Å². The fourth-order valence-electron chi connectivity index (χ4n) is 6.93. The summed E-state index contributed by atoms with van der Waals surface area (Å²) < 4.78 is 0. The number of para-hydroxylation sites is 1. The molecule has 5 atom stereocenters. The number of likely N-dealkylation sites (tertiary alicyclic amines) is 1. The molecule has 144 valence electrons. The van der Waals surface area contributed by atoms with E-state index >= 15 is 0 Å². The number of nitrogens with one attached hydrogen (secondary N) is 1. The van der Waals surface area contributed by atoms with Gasteiger partial charge < -0.3 is 5.32 Å². The van der Waals surface area contributed by atoms with Gasteiger partial charge in [-0.25, -0.2) is 0 Å². The highest BCUT2D eigenvalue weighted by molar-refractivity contribution is 5.67. The van der Waals surface area contributed by atoms with Crippen LogP contribution >= 0.6 is 0 Å². The van der Waals surface area contributed by atoms with Crippen molar-refractivity contribution >= 4 is 5.69 Å². The van der Waals surface area contributed by atoms with Gasteiger partial charge in [-0.1, -0.05) is 78.9 Å². The lowest BCUT2D eigenvalue weighted by Crippen LogP contribution is -2.50. The highest BCUT2D eigenvalue weighted by Crippen LogP contribution is 2.69. The number of piperidine rings is 1. The molecule has 3 saturated heterocycles. The zero-order valence-electron chi connectivity index (χ0n) is 16.5. The number of nitrogens with zero attached hydrogens (tertiary/aromatic N) is 2. The van der Waals surface area contributed by atoms with Gasteiger partial charge in [0.05, 0.1) is 17.1 Å². The van der Waals surface area contributed by atoms with Crippen molar-refractivity contribution in [1.82, 2.24) is 9.80 Å². The van der Waals surface area contributed by atoms with Gasteiger partial charge >= 0.3 is 0 Å². The van der Waals surface area contributed by atoms with Crippen molar-refractivity contribution in [1.29, 1.82) is 0 Å². The van der Waals surface area contributed by atoms with Crippen LogP contribution in [-0.4, -0.2) is 35.1 Å². The summed E-state index contributed by atoms with van der Waals surface area (Å²) in [4.78, 5) is 5.52. The van der Waals surface area contributed by atoms with Gasteiger partial charge in [0.25, 0.3) is 0 Å². The van der Waals surface area contributed by atoms with Gasteiger partial charge in [0.2, 0.25) is 0 Å². The maximum Gasteiger partial charge on any atom is 0.0918 e. The number of hydrogen-bond donors (Lipinski definition) is 1. The molecule has 0 saturated carbocycles. The van der Waals surface area contributed by atoms with Crippen molar-refractivity contribution in [3.63, 3.8) is 0 Å². The molecule has 3 fully saturated rings. The summed E-state index contributed by atoms with van der Waals surface area (Å²) >= 11 is 0. The topological polar surface area (TPSA) is 18.3 Å². The minimum atomic E-state index is 0.137. The van der Waals surface area contributed by atoms with E-state index in [2.05, 4.69) is 100 Å². The van der Waals surface area contributed by atoms with Crippen LogP contribution in [0.4, 0.5) is 5.69 Å². The largest absolute Gasteiger partial charge is 0.368 e. The third-order valence-electron chi connectivity index (χ3n) is 7.96. The van der Waals surface area contributed by atoms with Crippen LogP contribution in [0.1, 0.15) is 23.1 Å². The van der Waals surface area contributed by atoms with Crippen molar-refractivity contribution in [2.24, 2.45) is 0 Å². The maximum absolute atomic E-state index is 3.93. The molecule has 0 radical (unpaired) electrons. The molecule has 7 rings (SSSR count). The third kappa shape index (κ3) is 1.90. The number of rotatable bonds is 3. The molecular formula is C26H25N3. The molecule has 4 heterocycles. The second-order valence-electron chi connectivity index (χ2n) is 9.16. The van der Waals surface area contributed by atoms with E-state index in [9.17, 15) is 0 Å². The van der Waals surface area contributed by atoms with Crippen LogP contribution < -0.4 is 5.32 Å². The molecule has 3 aromatic rings. The second kappa shape index (κ2) is 5.50. The Morgan fingerprint density at radius 2 is 1.59 bits per heavy atom. The van der Waals surface area contributed by atoms with E-state index < -0.39 is 0 Å². The Morgan fingerprint density at radius 1 is 0.862 bits per heavy atom. The van der Waals surface area contributed by atoms with E-state index in [1.54, 1.807) is 0 Å². The predicted octanol–water partition coefficient (Wildman–Crippen LogP) is 4.18. The van der Waals surface area contributed by atoms with E-state index in [1.807, 2.05) is 0 Å². The first-order chi connectivity index (χ1) is 14.3. The van der Waals surface area contributed by atoms with Crippen LogP contribution in [-0.2, 0) is 17.5 Å². The molecule has 1 spiro atoms. The highest BCUT2D eigenvalue weighted by Gasteiger charge is 2.80. The van der Waals surface area contributed by atoms with E-state index in [4.69, 9.17) is 0 Å². The maximum atomic E-state index is 3.93. The van der Waals surface area contributed by atoms with Gasteiger partial charge in [-0.2, -0.15) is 0 Å². The zero-order valence-corrected chi connectivity index (χ0v) is 16.5. The molecule has 1 N–H and O–H groups in total. The summed E-state index contributed by atoms with van der Waals surface area (Å²) in [5.41, 5.74) is 6.10. The van der Waals surface area contributed by atoms with Crippen LogP contribution in [0.2, 0.25) is 0 Å². The van der Waals surface area contributed by atoms with Crippen LogP contribution in [0.5, 0.6) is 0 Å². The van der Waals surface area contributed by atoms with E-state index in [-0.39, 0.29) is 11.0 Å². The average Bonchev–Trinajstić information content (AvgIpc) is 3.14. The molecule has 3 heteroatoms. The molecule has 1 unspecified atom stereocenters. The van der Waals surface area contributed by atoms with Gasteiger partial charge in [0.1, 0.15) is 0 Å². The van der Waals surface area contributed by atoms with Crippen LogP contribution in [0.3, 0.4) is 0 Å². The fraction of sp³-hybridized carbons (Fsp3) is 0.308. The van der Waals surface area contributed by atoms with E-state index in [0.717, 1.165) is 19.6 Å². The number of hydrogen-bond acceptors (Lipinski definition) is 3. The highest BCUT2D eigenvalue weighted by atomic mass is 15.5. The minimum absolute atomic E-state index is 0.137. The molecule has 4 aliphatic rings. The zero-order chi connectivity index (χ0) is 19.1. The Bertz CT molecular complexity index is 1080. The van der Waals surface area contributed by atoms with E-state index in [1.165, 1.54) is 28.8 Å². The monoisotopic (exact) mass is 379 g/mol. The third-order valence-corrected chi connectivity index (χ3v) is 7.96. The lowest BCUT2D eigenvalue weighted by atomic mass is 9.70. The molecular weight excluding hydrogens is 354 g/mol. The van der Waals surface area contributed by atoms with Gasteiger partial charge in [0.15, 0.2) is 0 Å². The summed E-state index contributed by atoms with van der Waals surface area (Å²) in [6.45, 7) is 3.35. The summed E-state index contributed by atoms with van der Waals surface area (Å²) in [5.74, 6) is 0. The standard InChI is InChI=1S/C26H25N3/c1-3-9-19(10-4-1)17-28-16-15-25-21-13-7-8-14-22(21)27-24(25)29-18-26(29,23(25)28)20-11-5-2-6-12-20/h1-14,23-24,27H,15-18H2/t23-,24+,25-,26+,29?/m1/s1. The van der Waals surface area contributed by atoms with Crippen molar-refractivity contribution in [3.8, 4) is 0 Å². The number of fused-ring (bicyclic) bond motifs is 4. The summed E-state index contributed by atoms with van der Waals surface area (Å²) in [6, 6.07) is 31.8. The quantitative estimate of drug-likeness (QED) is 0.689. The van der Waals surface area contributed by atoms with Crippen molar-refractivity contribution in [2.45, 2.75) is 36.1 Å². The first-order valence-electron chi connectivity index (χ1n) is 10.8. The minimum Gasteiger partial charge on any atom is -0.368 e. The Labute approximate surface area is 172 Å². The molecule has 3 nitrogen and oxygen atoms in total. The molecule has 0 amide bonds. The second-order valence-corrected chi connectivity index (χ2v) is 9.16. The van der Waals surface area contributed by atoms with E-state index in [0.29, 0.717) is 12.2 Å². The lowest BCUT2D eigenvalue weighted by Gasteiger charge is -2.37. The van der Waals surface area contributed by atoms with Gasteiger partial charge in [-0.15, -0.1) is 0 Å². The normalized spacial score (nSPS) is 36.1. The average molecular weight is 380 g/mol. The van der Waals surface area contributed by atoms with Crippen molar-refractivity contribution in [3.05, 3.63) is 102 Å². The van der Waals surface area contributed by atoms with Gasteiger partial charge in [-0.3, -0.25) is 9.80 Å². The predicted molar refractivity (Wildman–Crippen MR) is 116 cm³/mol. The molecule has 4 aliphatic heterocycles. The summed E-state index contributed by atoms with van der Waals surface area (Å²) in [7, 11) is 0. The van der Waals surface area contributed by atoms with Crippen LogP contribution in [0.15, 0.2) is 84.9 Å².